The molecule has 1 aliphatic heterocycles. The number of hydrogen-bond donors (Lipinski definition) is 1. The number of thioether (sulfide) groups is 1. The molecule has 196 valence electrons. The molecule has 38 heavy (non-hydrogen) atoms. The molecule has 1 aromatic heterocycles. The molecule has 5 rings (SSSR count). The third-order valence-corrected chi connectivity index (χ3v) is 9.64. The Morgan fingerprint density at radius 3 is 2.66 bits per heavy atom. The van der Waals surface area contributed by atoms with Gasteiger partial charge in [-0.3, -0.25) is 14.4 Å². The van der Waals surface area contributed by atoms with Crippen molar-refractivity contribution in [2.24, 2.45) is 0 Å². The summed E-state index contributed by atoms with van der Waals surface area (Å²) in [5, 5.41) is 11.5. The lowest BCUT2D eigenvalue weighted by Gasteiger charge is -2.34. The number of carbonyl (C=O) groups excluding carboxylic acids is 1. The summed E-state index contributed by atoms with van der Waals surface area (Å²) in [4.78, 5) is 13.2. The molecule has 2 heterocycles. The predicted molar refractivity (Wildman–Crippen MR) is 148 cm³/mol. The van der Waals surface area contributed by atoms with Crippen LogP contribution in [0.25, 0.3) is 0 Å². The summed E-state index contributed by atoms with van der Waals surface area (Å²) in [7, 11) is -2.56. The number of rotatable bonds is 8. The van der Waals surface area contributed by atoms with Gasteiger partial charge in [-0.25, -0.2) is 8.42 Å². The maximum absolute atomic E-state index is 13.6. The molecular weight excluding hydrogens is 568 g/mol. The quantitative estimate of drug-likeness (QED) is 0.224. The van der Waals surface area contributed by atoms with Crippen molar-refractivity contribution in [2.45, 2.75) is 21.1 Å². The van der Waals surface area contributed by atoms with Gasteiger partial charge in [0.25, 0.3) is 15.9 Å². The lowest BCUT2D eigenvalue weighted by Crippen LogP contribution is -2.48. The van der Waals surface area contributed by atoms with Gasteiger partial charge in [0, 0.05) is 10.8 Å². The molecule has 3 aromatic carbocycles. The second-order valence-corrected chi connectivity index (χ2v) is 12.6. The first kappa shape index (κ1) is 26.3. The van der Waals surface area contributed by atoms with E-state index in [2.05, 4.69) is 15.5 Å². The van der Waals surface area contributed by atoms with Crippen LogP contribution in [0.1, 0.15) is 5.56 Å². The minimum absolute atomic E-state index is 0.0366. The number of hydrogen-bond acceptors (Lipinski definition) is 9. The van der Waals surface area contributed by atoms with Crippen molar-refractivity contribution in [1.29, 1.82) is 0 Å². The third kappa shape index (κ3) is 5.73. The van der Waals surface area contributed by atoms with E-state index in [4.69, 9.17) is 21.1 Å². The van der Waals surface area contributed by atoms with Gasteiger partial charge in [-0.2, -0.15) is 0 Å². The number of amides is 1. The molecule has 0 fully saturated rings. The zero-order chi connectivity index (χ0) is 26.7. The number of aromatic nitrogens is 2. The van der Waals surface area contributed by atoms with Crippen LogP contribution in [0.3, 0.4) is 0 Å². The van der Waals surface area contributed by atoms with Gasteiger partial charge in [-0.05, 0) is 48.0 Å². The number of anilines is 2. The highest BCUT2D eigenvalue weighted by molar-refractivity contribution is 8.00. The number of halogens is 1. The van der Waals surface area contributed by atoms with Crippen LogP contribution in [0.5, 0.6) is 11.5 Å². The van der Waals surface area contributed by atoms with Gasteiger partial charge in [0.1, 0.15) is 11.5 Å². The van der Waals surface area contributed by atoms with E-state index in [0.717, 1.165) is 9.87 Å². The number of benzene rings is 3. The first-order valence-electron chi connectivity index (χ1n) is 11.3. The molecule has 0 saturated carbocycles. The fourth-order valence-electron chi connectivity index (χ4n) is 3.69. The molecule has 9 nitrogen and oxygen atoms in total. The summed E-state index contributed by atoms with van der Waals surface area (Å²) in [6.45, 7) is -0.262. The highest BCUT2D eigenvalue weighted by Gasteiger charge is 2.38. The summed E-state index contributed by atoms with van der Waals surface area (Å²) < 4.78 is 40.1. The second-order valence-electron chi connectivity index (χ2n) is 8.07. The molecule has 1 atom stereocenters. The smallest absolute Gasteiger partial charge is 0.269 e. The van der Waals surface area contributed by atoms with Crippen LogP contribution in [0.2, 0.25) is 5.02 Å². The van der Waals surface area contributed by atoms with E-state index in [9.17, 15) is 13.2 Å². The largest absolute Gasteiger partial charge is 0.497 e. The zero-order valence-corrected chi connectivity index (χ0v) is 23.1. The lowest BCUT2D eigenvalue weighted by molar-refractivity contribution is -0.122. The maximum Gasteiger partial charge on any atom is 0.269 e. The second kappa shape index (κ2) is 11.2. The number of sulfonamides is 1. The maximum atomic E-state index is 13.6. The molecule has 1 amide bonds. The zero-order valence-electron chi connectivity index (χ0n) is 19.9. The number of nitrogens with one attached hydrogen (secondary N) is 1. The van der Waals surface area contributed by atoms with E-state index in [1.54, 1.807) is 18.2 Å². The van der Waals surface area contributed by atoms with Crippen LogP contribution in [-0.2, 0) is 20.6 Å². The average Bonchev–Trinajstić information content (AvgIpc) is 3.39. The Morgan fingerprint density at radius 2 is 1.92 bits per heavy atom. The van der Waals surface area contributed by atoms with Crippen LogP contribution < -0.4 is 19.1 Å². The number of methoxy groups -OCH3 is 1. The predicted octanol–water partition coefficient (Wildman–Crippen LogP) is 5.09. The Hall–Kier alpha value is -3.32. The van der Waals surface area contributed by atoms with Crippen LogP contribution >= 0.6 is 34.7 Å². The molecule has 0 radical (unpaired) electrons. The van der Waals surface area contributed by atoms with Crippen LogP contribution in [0.4, 0.5) is 10.8 Å². The minimum atomic E-state index is -4.06. The molecule has 1 N–H and O–H groups in total. The van der Waals surface area contributed by atoms with Crippen molar-refractivity contribution >= 4 is 61.4 Å². The monoisotopic (exact) mass is 588 g/mol. The standard InChI is InChI=1S/C25H21ClN4O5S3/c1-34-18-8-10-19(11-9-18)38(32,33)30-14-22(35-21-12-7-17(26)13-20(21)30)23(31)27-24-28-29-25(37-24)36-15-16-5-3-2-4-6-16/h2-13,22H,14-15H2,1H3,(H,27,28,31). The molecule has 1 unspecified atom stereocenters. The first-order valence-corrected chi connectivity index (χ1v) is 14.9. The van der Waals surface area contributed by atoms with E-state index in [1.165, 1.54) is 54.5 Å². The minimum Gasteiger partial charge on any atom is -0.497 e. The summed E-state index contributed by atoms with van der Waals surface area (Å²) in [6.07, 6.45) is -1.14. The summed E-state index contributed by atoms with van der Waals surface area (Å²) >= 11 is 8.90. The van der Waals surface area contributed by atoms with Crippen molar-refractivity contribution < 1.29 is 22.7 Å². The fourth-order valence-corrected chi connectivity index (χ4v) is 7.03. The first-order chi connectivity index (χ1) is 18.3. The molecule has 0 bridgehead atoms. The van der Waals surface area contributed by atoms with E-state index in [0.29, 0.717) is 26.0 Å². The highest BCUT2D eigenvalue weighted by Crippen LogP contribution is 2.39. The Balaban J connectivity index is 1.34. The molecule has 0 aliphatic carbocycles. The van der Waals surface area contributed by atoms with Gasteiger partial charge >= 0.3 is 0 Å². The van der Waals surface area contributed by atoms with E-state index < -0.39 is 22.0 Å². The lowest BCUT2D eigenvalue weighted by atomic mass is 10.2. The van der Waals surface area contributed by atoms with Crippen LogP contribution in [0.15, 0.2) is 82.0 Å². The fraction of sp³-hybridized carbons (Fsp3) is 0.160. The average molecular weight is 589 g/mol. The van der Waals surface area contributed by atoms with E-state index in [-0.39, 0.29) is 22.9 Å². The van der Waals surface area contributed by atoms with Gasteiger partial charge in [0.15, 0.2) is 10.4 Å². The van der Waals surface area contributed by atoms with Gasteiger partial charge in [0.05, 0.1) is 24.2 Å². The molecule has 13 heteroatoms. The van der Waals surface area contributed by atoms with E-state index >= 15 is 0 Å². The molecule has 4 aromatic rings. The Morgan fingerprint density at radius 1 is 1.16 bits per heavy atom. The molecular formula is C25H21ClN4O5S3. The third-order valence-electron chi connectivity index (χ3n) is 5.57. The molecule has 0 spiro atoms. The number of nitrogens with zero attached hydrogens (tertiary/aromatic N) is 3. The summed E-state index contributed by atoms with van der Waals surface area (Å²) in [5.41, 5.74) is 1.39. The molecule has 0 saturated heterocycles. The number of carbonyl (C=O) groups is 1. The van der Waals surface area contributed by atoms with Crippen molar-refractivity contribution in [3.05, 3.63) is 83.4 Å². The number of fused-ring (bicyclic) bond motifs is 1. The topological polar surface area (TPSA) is 111 Å². The summed E-state index contributed by atoms with van der Waals surface area (Å²) in [5.74, 6) is 0.905. The Kier molecular flexibility index (Phi) is 7.75. The van der Waals surface area contributed by atoms with Crippen molar-refractivity contribution in [1.82, 2.24) is 10.2 Å². The molecule has 1 aliphatic rings. The van der Waals surface area contributed by atoms with Crippen LogP contribution in [-0.4, -0.2) is 44.3 Å². The number of ether oxygens (including phenoxy) is 2. The normalized spacial score (nSPS) is 14.9. The van der Waals surface area contributed by atoms with Crippen molar-refractivity contribution in [2.75, 3.05) is 23.3 Å². The van der Waals surface area contributed by atoms with Gasteiger partial charge in [-0.15, -0.1) is 10.2 Å². The van der Waals surface area contributed by atoms with E-state index in [1.807, 2.05) is 30.3 Å². The van der Waals surface area contributed by atoms with Gasteiger partial charge in [-0.1, -0.05) is 65.0 Å². The Labute approximate surface area is 232 Å². The van der Waals surface area contributed by atoms with Crippen LogP contribution in [0, 0.1) is 0 Å². The van der Waals surface area contributed by atoms with Crippen molar-refractivity contribution in [3.63, 3.8) is 0 Å². The Bertz CT molecular complexity index is 1550. The SMILES string of the molecule is COc1ccc(S(=O)(=O)N2CC(C(=O)Nc3nnc(SCc4ccccc4)s3)Oc3ccc(Cl)cc32)cc1. The summed E-state index contributed by atoms with van der Waals surface area (Å²) in [6, 6.07) is 20.5. The highest BCUT2D eigenvalue weighted by atomic mass is 35.5. The van der Waals surface area contributed by atoms with Crippen molar-refractivity contribution in [3.8, 4) is 11.5 Å². The van der Waals surface area contributed by atoms with Gasteiger partial charge < -0.3 is 9.47 Å². The van der Waals surface area contributed by atoms with Gasteiger partial charge in [0.2, 0.25) is 5.13 Å².